The molecule has 0 radical (unpaired) electrons. The molecular weight excluding hydrogens is 248 g/mol. The smallest absolute Gasteiger partial charge is 0.135 e. The lowest BCUT2D eigenvalue weighted by molar-refractivity contribution is 0.412. The normalized spacial score (nSPS) is 18.4. The predicted molar refractivity (Wildman–Crippen MR) is 69.5 cm³/mol. The molecule has 5 heteroatoms. The third kappa shape index (κ3) is 1.99. The third-order valence-corrected chi connectivity index (χ3v) is 3.65. The van der Waals surface area contributed by atoms with E-state index in [1.165, 1.54) is 12.1 Å². The number of halogens is 2. The zero-order valence-corrected chi connectivity index (χ0v) is 10.7. The van der Waals surface area contributed by atoms with Crippen LogP contribution in [0.5, 0.6) is 0 Å². The Morgan fingerprint density at radius 1 is 1.37 bits per heavy atom. The van der Waals surface area contributed by atoms with Gasteiger partial charge in [-0.25, -0.2) is 13.8 Å². The highest BCUT2D eigenvalue weighted by molar-refractivity contribution is 5.71. The van der Waals surface area contributed by atoms with Gasteiger partial charge in [0.25, 0.3) is 0 Å². The molecule has 2 N–H and O–H groups in total. The van der Waals surface area contributed by atoms with E-state index < -0.39 is 11.6 Å². The van der Waals surface area contributed by atoms with Crippen molar-refractivity contribution >= 4 is 5.82 Å². The van der Waals surface area contributed by atoms with Crippen molar-refractivity contribution in [3.63, 3.8) is 0 Å². The molecule has 1 aromatic heterocycles. The number of benzene rings is 1. The van der Waals surface area contributed by atoms with Crippen LogP contribution in [0.25, 0.3) is 11.3 Å². The summed E-state index contributed by atoms with van der Waals surface area (Å²) in [5.74, 6) is 0.676. The lowest BCUT2D eigenvalue weighted by Gasteiger charge is -2.20. The number of nitrogens with two attached hydrogens (primary N) is 1. The van der Waals surface area contributed by atoms with Crippen molar-refractivity contribution in [3.8, 4) is 11.3 Å². The van der Waals surface area contributed by atoms with Gasteiger partial charge in [-0.2, -0.15) is 0 Å². The molecule has 3 rings (SSSR count). The molecule has 100 valence electrons. The van der Waals surface area contributed by atoms with Gasteiger partial charge in [0, 0.05) is 24.6 Å². The number of nitrogen functional groups attached to an aromatic ring is 1. The highest BCUT2D eigenvalue weighted by Gasteiger charge is 2.23. The molecule has 0 amide bonds. The Kier molecular flexibility index (Phi) is 2.77. The van der Waals surface area contributed by atoms with Crippen molar-refractivity contribution in [2.75, 3.05) is 5.73 Å². The highest BCUT2D eigenvalue weighted by atomic mass is 19.1. The Labute approximate surface area is 110 Å². The van der Waals surface area contributed by atoms with E-state index in [0.29, 0.717) is 17.4 Å². The molecule has 1 atom stereocenters. The second-order valence-electron chi connectivity index (χ2n) is 5.14. The van der Waals surface area contributed by atoms with E-state index in [0.717, 1.165) is 31.3 Å². The second-order valence-corrected chi connectivity index (χ2v) is 5.14. The van der Waals surface area contributed by atoms with E-state index in [2.05, 4.69) is 11.9 Å². The fraction of sp³-hybridized carbons (Fsp3) is 0.357. The maximum absolute atomic E-state index is 13.8. The number of hydrogen-bond donors (Lipinski definition) is 1. The molecule has 0 saturated carbocycles. The largest absolute Gasteiger partial charge is 0.383 e. The Morgan fingerprint density at radius 3 is 2.89 bits per heavy atom. The summed E-state index contributed by atoms with van der Waals surface area (Å²) in [5, 5.41) is 0. The average Bonchev–Trinajstić information content (AvgIpc) is 2.66. The summed E-state index contributed by atoms with van der Waals surface area (Å²) in [5.41, 5.74) is 6.72. The maximum Gasteiger partial charge on any atom is 0.135 e. The zero-order chi connectivity index (χ0) is 13.6. The summed E-state index contributed by atoms with van der Waals surface area (Å²) in [6, 6.07) is 3.47. The summed E-state index contributed by atoms with van der Waals surface area (Å²) < 4.78 is 28.7. The number of anilines is 1. The summed E-state index contributed by atoms with van der Waals surface area (Å²) in [6.07, 6.45) is 1.88. The minimum atomic E-state index is -0.629. The molecule has 0 saturated heterocycles. The molecule has 1 aromatic carbocycles. The molecule has 0 aliphatic carbocycles. The predicted octanol–water partition coefficient (Wildman–Crippen LogP) is 2.99. The SMILES string of the molecule is CC1CCn2c(nc(-c3ccc(F)cc3F)c2N)C1. The summed E-state index contributed by atoms with van der Waals surface area (Å²) in [4.78, 5) is 4.44. The Morgan fingerprint density at radius 2 is 2.16 bits per heavy atom. The van der Waals surface area contributed by atoms with Gasteiger partial charge in [0.15, 0.2) is 0 Å². The third-order valence-electron chi connectivity index (χ3n) is 3.65. The molecule has 0 spiro atoms. The van der Waals surface area contributed by atoms with Crippen LogP contribution in [0.4, 0.5) is 14.6 Å². The zero-order valence-electron chi connectivity index (χ0n) is 10.7. The number of fused-ring (bicyclic) bond motifs is 1. The first kappa shape index (κ1) is 12.1. The van der Waals surface area contributed by atoms with Gasteiger partial charge < -0.3 is 10.3 Å². The van der Waals surface area contributed by atoms with Crippen LogP contribution in [0.3, 0.4) is 0 Å². The van der Waals surface area contributed by atoms with Gasteiger partial charge in [0.1, 0.15) is 29.0 Å². The van der Waals surface area contributed by atoms with Gasteiger partial charge in [-0.3, -0.25) is 0 Å². The fourth-order valence-corrected chi connectivity index (χ4v) is 2.56. The molecule has 1 unspecified atom stereocenters. The van der Waals surface area contributed by atoms with E-state index in [4.69, 9.17) is 5.73 Å². The minimum absolute atomic E-state index is 0.258. The van der Waals surface area contributed by atoms with Gasteiger partial charge in [-0.15, -0.1) is 0 Å². The molecule has 19 heavy (non-hydrogen) atoms. The number of hydrogen-bond acceptors (Lipinski definition) is 2. The highest BCUT2D eigenvalue weighted by Crippen LogP contribution is 2.32. The second kappa shape index (κ2) is 4.33. The Bertz CT molecular complexity index is 634. The minimum Gasteiger partial charge on any atom is -0.383 e. The molecule has 0 fully saturated rings. The molecule has 1 aliphatic rings. The first-order valence-electron chi connectivity index (χ1n) is 6.36. The molecule has 2 aromatic rings. The van der Waals surface area contributed by atoms with Crippen LogP contribution >= 0.6 is 0 Å². The van der Waals surface area contributed by atoms with E-state index in [-0.39, 0.29) is 5.56 Å². The number of imidazole rings is 1. The van der Waals surface area contributed by atoms with Gasteiger partial charge in [-0.1, -0.05) is 6.92 Å². The molecule has 1 aliphatic heterocycles. The van der Waals surface area contributed by atoms with Crippen molar-refractivity contribution in [2.24, 2.45) is 5.92 Å². The van der Waals surface area contributed by atoms with Crippen LogP contribution in [0.1, 0.15) is 19.2 Å². The first-order chi connectivity index (χ1) is 9.06. The monoisotopic (exact) mass is 263 g/mol. The van der Waals surface area contributed by atoms with Crippen LogP contribution in [0.15, 0.2) is 18.2 Å². The van der Waals surface area contributed by atoms with Gasteiger partial charge in [0.2, 0.25) is 0 Å². The van der Waals surface area contributed by atoms with Crippen molar-refractivity contribution in [3.05, 3.63) is 35.7 Å². The average molecular weight is 263 g/mol. The van der Waals surface area contributed by atoms with Crippen molar-refractivity contribution in [2.45, 2.75) is 26.3 Å². The van der Waals surface area contributed by atoms with Crippen LogP contribution in [-0.2, 0) is 13.0 Å². The quantitative estimate of drug-likeness (QED) is 0.859. The van der Waals surface area contributed by atoms with Gasteiger partial charge >= 0.3 is 0 Å². The van der Waals surface area contributed by atoms with Crippen molar-refractivity contribution in [1.82, 2.24) is 9.55 Å². The van der Waals surface area contributed by atoms with Gasteiger partial charge in [-0.05, 0) is 24.5 Å². The Balaban J connectivity index is 2.11. The fourth-order valence-electron chi connectivity index (χ4n) is 2.56. The maximum atomic E-state index is 13.8. The van der Waals surface area contributed by atoms with Crippen LogP contribution < -0.4 is 5.73 Å². The molecular formula is C14H15F2N3. The number of aromatic nitrogens is 2. The lowest BCUT2D eigenvalue weighted by Crippen LogP contribution is -2.18. The van der Waals surface area contributed by atoms with Crippen LogP contribution in [0.2, 0.25) is 0 Å². The standard InChI is InChI=1S/C14H15F2N3/c1-8-4-5-19-12(6-8)18-13(14(19)17)10-3-2-9(15)7-11(10)16/h2-3,7-8H,4-6,17H2,1H3. The van der Waals surface area contributed by atoms with Crippen molar-refractivity contribution in [1.29, 1.82) is 0 Å². The summed E-state index contributed by atoms with van der Waals surface area (Å²) >= 11 is 0. The van der Waals surface area contributed by atoms with Gasteiger partial charge in [0.05, 0.1) is 0 Å². The number of rotatable bonds is 1. The van der Waals surface area contributed by atoms with Crippen LogP contribution in [0, 0.1) is 17.6 Å². The lowest BCUT2D eigenvalue weighted by atomic mass is 10.0. The first-order valence-corrected chi connectivity index (χ1v) is 6.36. The Hall–Kier alpha value is -1.91. The van der Waals surface area contributed by atoms with Crippen LogP contribution in [-0.4, -0.2) is 9.55 Å². The summed E-state index contributed by atoms with van der Waals surface area (Å²) in [6.45, 7) is 2.96. The molecule has 3 nitrogen and oxygen atoms in total. The van der Waals surface area contributed by atoms with E-state index in [1.807, 2.05) is 4.57 Å². The van der Waals surface area contributed by atoms with Crippen molar-refractivity contribution < 1.29 is 8.78 Å². The topological polar surface area (TPSA) is 43.8 Å². The van der Waals surface area contributed by atoms with E-state index >= 15 is 0 Å². The number of nitrogens with zero attached hydrogens (tertiary/aromatic N) is 2. The van der Waals surface area contributed by atoms with E-state index in [1.54, 1.807) is 0 Å². The molecule has 0 bridgehead atoms. The summed E-state index contributed by atoms with van der Waals surface area (Å²) in [7, 11) is 0. The molecule has 2 heterocycles. The van der Waals surface area contributed by atoms with E-state index in [9.17, 15) is 8.78 Å².